The lowest BCUT2D eigenvalue weighted by Crippen LogP contribution is -2.49. The van der Waals surface area contributed by atoms with Crippen molar-refractivity contribution in [3.63, 3.8) is 0 Å². The molecular weight excluding hydrogens is 517 g/mol. The van der Waals surface area contributed by atoms with Gasteiger partial charge in [-0.1, -0.05) is 54.6 Å². The molecule has 0 atom stereocenters. The number of benzene rings is 3. The summed E-state index contributed by atoms with van der Waals surface area (Å²) in [6.45, 7) is -0.857. The van der Waals surface area contributed by atoms with Gasteiger partial charge in [0.25, 0.3) is 0 Å². The van der Waals surface area contributed by atoms with Crippen LogP contribution in [0.3, 0.4) is 0 Å². The summed E-state index contributed by atoms with van der Waals surface area (Å²) in [5, 5.41) is 2.65. The SMILES string of the molecule is O=C(Nc1cccc(C(F)(F)F)c1)N(CCc1ccccc1)C1CCN(Cc2ccccc2OC(F)F)CC1. The highest BCUT2D eigenvalue weighted by Crippen LogP contribution is 2.31. The Morgan fingerprint density at radius 1 is 0.974 bits per heavy atom. The molecule has 3 aromatic carbocycles. The molecule has 1 aliphatic heterocycles. The first kappa shape index (κ1) is 28.4. The van der Waals surface area contributed by atoms with E-state index < -0.39 is 24.4 Å². The fourth-order valence-electron chi connectivity index (χ4n) is 4.79. The minimum atomic E-state index is -4.51. The van der Waals surface area contributed by atoms with Crippen LogP contribution in [0.2, 0.25) is 0 Å². The van der Waals surface area contributed by atoms with Gasteiger partial charge >= 0.3 is 18.8 Å². The van der Waals surface area contributed by atoms with Gasteiger partial charge in [-0.2, -0.15) is 22.0 Å². The number of carbonyl (C=O) groups excluding carboxylic acids is 1. The number of anilines is 1. The quantitative estimate of drug-likeness (QED) is 0.292. The fraction of sp³-hybridized carbons (Fsp3) is 0.345. The van der Waals surface area contributed by atoms with Crippen LogP contribution in [0.15, 0.2) is 78.9 Å². The van der Waals surface area contributed by atoms with Gasteiger partial charge in [-0.15, -0.1) is 0 Å². The summed E-state index contributed by atoms with van der Waals surface area (Å²) in [5.41, 5.74) is 0.940. The number of piperidine rings is 1. The highest BCUT2D eigenvalue weighted by Gasteiger charge is 2.32. The second kappa shape index (κ2) is 12.9. The van der Waals surface area contributed by atoms with Crippen LogP contribution in [0.1, 0.15) is 29.5 Å². The van der Waals surface area contributed by atoms with Crippen LogP contribution in [-0.4, -0.2) is 48.1 Å². The first-order valence-electron chi connectivity index (χ1n) is 12.7. The van der Waals surface area contributed by atoms with Crippen LogP contribution in [0.5, 0.6) is 5.75 Å². The van der Waals surface area contributed by atoms with Gasteiger partial charge in [0.2, 0.25) is 0 Å². The minimum Gasteiger partial charge on any atom is -0.434 e. The zero-order valence-corrected chi connectivity index (χ0v) is 21.2. The molecule has 0 spiro atoms. The van der Waals surface area contributed by atoms with E-state index in [1.54, 1.807) is 23.1 Å². The maximum atomic E-state index is 13.3. The first-order valence-corrected chi connectivity index (χ1v) is 12.7. The Labute approximate surface area is 224 Å². The van der Waals surface area contributed by atoms with Crippen molar-refractivity contribution < 1.29 is 31.5 Å². The van der Waals surface area contributed by atoms with Gasteiger partial charge in [-0.05, 0) is 49.1 Å². The number of rotatable bonds is 9. The number of hydrogen-bond acceptors (Lipinski definition) is 3. The van der Waals surface area contributed by atoms with Gasteiger partial charge < -0.3 is 15.0 Å². The molecule has 1 N–H and O–H groups in total. The average molecular weight is 548 g/mol. The Morgan fingerprint density at radius 3 is 2.36 bits per heavy atom. The number of urea groups is 1. The smallest absolute Gasteiger partial charge is 0.416 e. The molecular formula is C29H30F5N3O2. The van der Waals surface area contributed by atoms with Crippen LogP contribution in [0.4, 0.5) is 32.4 Å². The van der Waals surface area contributed by atoms with E-state index >= 15 is 0 Å². The Morgan fingerprint density at radius 2 is 1.67 bits per heavy atom. The predicted molar refractivity (Wildman–Crippen MR) is 139 cm³/mol. The number of amides is 2. The van der Waals surface area contributed by atoms with E-state index in [0.29, 0.717) is 51.0 Å². The molecule has 0 radical (unpaired) electrons. The van der Waals surface area contributed by atoms with Crippen molar-refractivity contribution >= 4 is 11.7 Å². The number of nitrogens with zero attached hydrogens (tertiary/aromatic N) is 2. The van der Waals surface area contributed by atoms with E-state index in [4.69, 9.17) is 0 Å². The monoisotopic (exact) mass is 547 g/mol. The minimum absolute atomic E-state index is 0.0765. The van der Waals surface area contributed by atoms with Crippen molar-refractivity contribution in [3.8, 4) is 5.75 Å². The molecule has 1 saturated heterocycles. The third-order valence-corrected chi connectivity index (χ3v) is 6.77. The van der Waals surface area contributed by atoms with Gasteiger partial charge in [0.1, 0.15) is 5.75 Å². The van der Waals surface area contributed by atoms with Crippen molar-refractivity contribution in [2.45, 2.75) is 44.6 Å². The van der Waals surface area contributed by atoms with Crippen molar-refractivity contribution in [1.29, 1.82) is 0 Å². The standard InChI is InChI=1S/C29H30F5N3O2/c30-27(31)39-26-12-5-4-9-22(26)20-36-16-14-25(15-17-36)37(18-13-21-7-2-1-3-8-21)28(38)35-24-11-6-10-23(19-24)29(32,33)34/h1-12,19,25,27H,13-18,20H2,(H,35,38). The van der Waals surface area contributed by atoms with Crippen LogP contribution >= 0.6 is 0 Å². The first-order chi connectivity index (χ1) is 18.7. The van der Waals surface area contributed by atoms with Crippen LogP contribution in [0, 0.1) is 0 Å². The lowest BCUT2D eigenvalue weighted by atomic mass is 10.0. The average Bonchev–Trinajstić information content (AvgIpc) is 2.91. The Hall–Kier alpha value is -3.66. The Bertz CT molecular complexity index is 1210. The number of para-hydroxylation sites is 1. The normalized spacial score (nSPS) is 14.8. The van der Waals surface area contributed by atoms with Crippen LogP contribution in [-0.2, 0) is 19.1 Å². The number of nitrogens with one attached hydrogen (secondary N) is 1. The number of carbonyl (C=O) groups is 1. The second-order valence-electron chi connectivity index (χ2n) is 9.43. The summed E-state index contributed by atoms with van der Waals surface area (Å²) in [5.74, 6) is 0.138. The predicted octanol–water partition coefficient (Wildman–Crippen LogP) is 7.05. The topological polar surface area (TPSA) is 44.8 Å². The van der Waals surface area contributed by atoms with Crippen LogP contribution in [0.25, 0.3) is 0 Å². The molecule has 0 aliphatic carbocycles. The molecule has 0 aromatic heterocycles. The maximum Gasteiger partial charge on any atom is 0.416 e. The van der Waals surface area contributed by atoms with Gasteiger partial charge in [-0.3, -0.25) is 4.90 Å². The molecule has 1 fully saturated rings. The zero-order valence-electron chi connectivity index (χ0n) is 21.2. The van der Waals surface area contributed by atoms with Gasteiger partial charge in [0.05, 0.1) is 5.56 Å². The zero-order chi connectivity index (χ0) is 27.8. The van der Waals surface area contributed by atoms with Crippen molar-refractivity contribution in [3.05, 3.63) is 95.6 Å². The molecule has 39 heavy (non-hydrogen) atoms. The molecule has 208 valence electrons. The number of ether oxygens (including phenoxy) is 1. The van der Waals surface area contributed by atoms with Crippen LogP contribution < -0.4 is 10.1 Å². The summed E-state index contributed by atoms with van der Waals surface area (Å²) in [4.78, 5) is 17.2. The van der Waals surface area contributed by atoms with Gasteiger partial charge in [0, 0.05) is 43.5 Å². The third-order valence-electron chi connectivity index (χ3n) is 6.77. The van der Waals surface area contributed by atoms with E-state index in [2.05, 4.69) is 15.0 Å². The fourth-order valence-corrected chi connectivity index (χ4v) is 4.79. The number of likely N-dealkylation sites (tertiary alicyclic amines) is 1. The molecule has 0 unspecified atom stereocenters. The van der Waals surface area contributed by atoms with Crippen molar-refractivity contribution in [1.82, 2.24) is 9.80 Å². The number of alkyl halides is 5. The number of hydrogen-bond donors (Lipinski definition) is 1. The highest BCUT2D eigenvalue weighted by molar-refractivity contribution is 5.89. The largest absolute Gasteiger partial charge is 0.434 e. The van der Waals surface area contributed by atoms with Gasteiger partial charge in [-0.25, -0.2) is 4.79 Å². The third kappa shape index (κ3) is 8.16. The molecule has 0 bridgehead atoms. The molecule has 10 heteroatoms. The molecule has 5 nitrogen and oxygen atoms in total. The van der Waals surface area contributed by atoms with Crippen molar-refractivity contribution in [2.75, 3.05) is 25.0 Å². The summed E-state index contributed by atoms with van der Waals surface area (Å²) < 4.78 is 69.7. The van der Waals surface area contributed by atoms with E-state index in [-0.39, 0.29) is 17.5 Å². The summed E-state index contributed by atoms with van der Waals surface area (Å²) >= 11 is 0. The summed E-state index contributed by atoms with van der Waals surface area (Å²) in [6.07, 6.45) is -2.67. The van der Waals surface area contributed by atoms with Crippen molar-refractivity contribution in [2.24, 2.45) is 0 Å². The molecule has 0 saturated carbocycles. The Balaban J connectivity index is 1.43. The molecule has 1 aliphatic rings. The molecule has 3 aromatic rings. The van der Waals surface area contributed by atoms with E-state index in [1.807, 2.05) is 30.3 Å². The number of halogens is 5. The lowest BCUT2D eigenvalue weighted by molar-refractivity contribution is -0.137. The van der Waals surface area contributed by atoms with E-state index in [0.717, 1.165) is 17.7 Å². The summed E-state index contributed by atoms with van der Waals surface area (Å²) in [6, 6.07) is 20.3. The molecule has 1 heterocycles. The maximum absolute atomic E-state index is 13.3. The Kier molecular flexibility index (Phi) is 9.40. The van der Waals surface area contributed by atoms with E-state index in [1.165, 1.54) is 18.2 Å². The highest BCUT2D eigenvalue weighted by atomic mass is 19.4. The summed E-state index contributed by atoms with van der Waals surface area (Å²) in [7, 11) is 0. The van der Waals surface area contributed by atoms with Gasteiger partial charge in [0.15, 0.2) is 0 Å². The van der Waals surface area contributed by atoms with E-state index in [9.17, 15) is 26.7 Å². The second-order valence-corrected chi connectivity index (χ2v) is 9.43. The lowest BCUT2D eigenvalue weighted by Gasteiger charge is -2.38. The molecule has 4 rings (SSSR count). The molecule has 2 amide bonds.